The highest BCUT2D eigenvalue weighted by Crippen LogP contribution is 2.39. The minimum atomic E-state index is -4.66. The topological polar surface area (TPSA) is 86.2 Å². The Balaban J connectivity index is 2.23. The number of alkyl halides is 3. The van der Waals surface area contributed by atoms with Gasteiger partial charge in [0.05, 0.1) is 11.1 Å². The molecule has 0 aliphatic carbocycles. The first-order valence-electron chi connectivity index (χ1n) is 7.97. The van der Waals surface area contributed by atoms with Gasteiger partial charge in [-0.3, -0.25) is 0 Å². The molecular formula is C18H13F5N2O3S. The van der Waals surface area contributed by atoms with Crippen molar-refractivity contribution in [3.8, 4) is 22.4 Å². The number of benzene rings is 2. The van der Waals surface area contributed by atoms with Gasteiger partial charge >= 0.3 is 6.18 Å². The monoisotopic (exact) mass is 432 g/mol. The zero-order valence-electron chi connectivity index (χ0n) is 14.9. The third kappa shape index (κ3) is 3.87. The van der Waals surface area contributed by atoms with Gasteiger partial charge in [0.25, 0.3) is 0 Å². The first-order valence-corrected chi connectivity index (χ1v) is 9.52. The van der Waals surface area contributed by atoms with Crippen LogP contribution in [0, 0.1) is 25.5 Å². The lowest BCUT2D eigenvalue weighted by atomic mass is 9.96. The summed E-state index contributed by atoms with van der Waals surface area (Å²) in [4.78, 5) is -1.31. The third-order valence-corrected chi connectivity index (χ3v) is 5.21. The quantitative estimate of drug-likeness (QED) is 0.615. The Hall–Kier alpha value is -2.79. The van der Waals surface area contributed by atoms with Crippen molar-refractivity contribution in [2.75, 3.05) is 0 Å². The van der Waals surface area contributed by atoms with E-state index in [2.05, 4.69) is 5.16 Å². The lowest BCUT2D eigenvalue weighted by Gasteiger charge is -2.12. The average molecular weight is 432 g/mol. The van der Waals surface area contributed by atoms with E-state index in [9.17, 15) is 30.4 Å². The summed E-state index contributed by atoms with van der Waals surface area (Å²) in [5, 5.41) is 8.52. The Labute approximate surface area is 162 Å². The van der Waals surface area contributed by atoms with Crippen molar-refractivity contribution in [2.24, 2.45) is 5.14 Å². The van der Waals surface area contributed by atoms with E-state index in [4.69, 9.17) is 9.66 Å². The summed E-state index contributed by atoms with van der Waals surface area (Å²) >= 11 is 0. The van der Waals surface area contributed by atoms with Crippen LogP contribution in [0.25, 0.3) is 22.4 Å². The van der Waals surface area contributed by atoms with Crippen molar-refractivity contribution in [1.29, 1.82) is 0 Å². The van der Waals surface area contributed by atoms with Crippen LogP contribution in [0.3, 0.4) is 0 Å². The molecule has 29 heavy (non-hydrogen) atoms. The molecule has 0 saturated carbocycles. The van der Waals surface area contributed by atoms with Gasteiger partial charge in [-0.25, -0.2) is 22.3 Å². The maximum absolute atomic E-state index is 14.2. The fourth-order valence-electron chi connectivity index (χ4n) is 2.96. The van der Waals surface area contributed by atoms with Gasteiger partial charge in [-0.05, 0) is 43.2 Å². The van der Waals surface area contributed by atoms with Gasteiger partial charge in [0, 0.05) is 5.56 Å². The van der Waals surface area contributed by atoms with Crippen molar-refractivity contribution in [3.05, 3.63) is 58.9 Å². The molecule has 0 aliphatic heterocycles. The third-order valence-electron chi connectivity index (χ3n) is 4.25. The molecule has 0 aliphatic rings. The van der Waals surface area contributed by atoms with Crippen molar-refractivity contribution in [2.45, 2.75) is 24.9 Å². The van der Waals surface area contributed by atoms with Crippen molar-refractivity contribution >= 4 is 10.0 Å². The predicted octanol–water partition coefficient (Wildman–Crippen LogP) is 4.57. The molecule has 11 heteroatoms. The molecule has 0 amide bonds. The van der Waals surface area contributed by atoms with E-state index in [-0.39, 0.29) is 33.7 Å². The number of rotatable bonds is 3. The summed E-state index contributed by atoms with van der Waals surface area (Å²) in [6, 6.07) is 4.84. The van der Waals surface area contributed by atoms with Crippen LogP contribution in [0.4, 0.5) is 22.0 Å². The van der Waals surface area contributed by atoms with E-state index in [0.29, 0.717) is 12.1 Å². The predicted molar refractivity (Wildman–Crippen MR) is 93.1 cm³/mol. The second-order valence-corrected chi connectivity index (χ2v) is 7.80. The van der Waals surface area contributed by atoms with E-state index in [1.165, 1.54) is 26.0 Å². The fourth-order valence-corrected chi connectivity index (χ4v) is 3.62. The van der Waals surface area contributed by atoms with Gasteiger partial charge in [0.2, 0.25) is 10.0 Å². The van der Waals surface area contributed by atoms with Crippen LogP contribution >= 0.6 is 0 Å². The molecule has 0 fully saturated rings. The van der Waals surface area contributed by atoms with E-state index >= 15 is 0 Å². The zero-order valence-corrected chi connectivity index (χ0v) is 15.8. The summed E-state index contributed by atoms with van der Waals surface area (Å²) in [5.74, 6) is -2.83. The second kappa shape index (κ2) is 6.92. The fraction of sp³-hybridized carbons (Fsp3) is 0.167. The molecule has 5 nitrogen and oxygen atoms in total. The van der Waals surface area contributed by atoms with Crippen LogP contribution in [0.5, 0.6) is 0 Å². The number of primary sulfonamides is 1. The van der Waals surface area contributed by atoms with Crippen LogP contribution in [-0.4, -0.2) is 13.6 Å². The van der Waals surface area contributed by atoms with Crippen LogP contribution in [-0.2, 0) is 16.2 Å². The Morgan fingerprint density at radius 3 is 2.10 bits per heavy atom. The minimum absolute atomic E-state index is 0.00566. The number of nitrogens with zero attached hydrogens (tertiary/aromatic N) is 1. The zero-order chi connectivity index (χ0) is 21.7. The SMILES string of the molecule is Cc1ccc(-c2noc(C)c2-c2cc(F)c(S(N)(=O)=O)c(F)c2)cc1C(F)(F)F. The van der Waals surface area contributed by atoms with Gasteiger partial charge in [-0.2, -0.15) is 13.2 Å². The van der Waals surface area contributed by atoms with Crippen LogP contribution in [0.15, 0.2) is 39.8 Å². The molecule has 2 N–H and O–H groups in total. The number of halogens is 5. The Kier molecular flexibility index (Phi) is 4.99. The molecule has 1 aromatic heterocycles. The van der Waals surface area contributed by atoms with E-state index in [0.717, 1.165) is 6.07 Å². The van der Waals surface area contributed by atoms with Crippen LogP contribution in [0.2, 0.25) is 0 Å². The van der Waals surface area contributed by atoms with Crippen molar-refractivity contribution < 1.29 is 34.9 Å². The lowest BCUT2D eigenvalue weighted by molar-refractivity contribution is -0.138. The first-order chi connectivity index (χ1) is 13.3. The highest BCUT2D eigenvalue weighted by molar-refractivity contribution is 7.89. The first kappa shape index (κ1) is 20.9. The molecule has 3 rings (SSSR count). The molecule has 3 aromatic rings. The number of aromatic nitrogens is 1. The molecule has 1 heterocycles. The molecule has 0 radical (unpaired) electrons. The minimum Gasteiger partial charge on any atom is -0.360 e. The van der Waals surface area contributed by atoms with Crippen molar-refractivity contribution in [3.63, 3.8) is 0 Å². The molecule has 0 bridgehead atoms. The molecule has 0 unspecified atom stereocenters. The van der Waals surface area contributed by atoms with Gasteiger partial charge in [0.15, 0.2) is 4.90 Å². The van der Waals surface area contributed by atoms with E-state index < -0.39 is 38.3 Å². The highest BCUT2D eigenvalue weighted by atomic mass is 32.2. The second-order valence-electron chi connectivity index (χ2n) is 6.30. The number of nitrogens with two attached hydrogens (primary N) is 1. The largest absolute Gasteiger partial charge is 0.416 e. The molecule has 0 spiro atoms. The molecular weight excluding hydrogens is 419 g/mol. The normalized spacial score (nSPS) is 12.4. The lowest BCUT2D eigenvalue weighted by Crippen LogP contribution is -2.16. The number of aryl methyl sites for hydroxylation is 2. The van der Waals surface area contributed by atoms with Crippen LogP contribution in [0.1, 0.15) is 16.9 Å². The number of sulfonamides is 1. The van der Waals surface area contributed by atoms with Crippen molar-refractivity contribution in [1.82, 2.24) is 5.16 Å². The van der Waals surface area contributed by atoms with Gasteiger partial charge in [-0.15, -0.1) is 0 Å². The van der Waals surface area contributed by atoms with Crippen LogP contribution < -0.4 is 5.14 Å². The van der Waals surface area contributed by atoms with Gasteiger partial charge < -0.3 is 4.52 Å². The maximum Gasteiger partial charge on any atom is 0.416 e. The Bertz CT molecular complexity index is 1190. The van der Waals surface area contributed by atoms with Gasteiger partial charge in [-0.1, -0.05) is 17.3 Å². The summed E-state index contributed by atoms with van der Waals surface area (Å²) < 4.78 is 95.9. The molecule has 154 valence electrons. The summed E-state index contributed by atoms with van der Waals surface area (Å²) in [5.41, 5.74) is -1.15. The standard InChI is InChI=1S/C18H13F5N2O3S/c1-8-3-4-10(5-12(8)18(21,22)23)16-15(9(2)28-25-16)11-6-13(19)17(14(20)7-11)29(24,26)27/h3-7H,1-2H3,(H2,24,26,27). The summed E-state index contributed by atoms with van der Waals surface area (Å²) in [6.07, 6.45) is -4.62. The molecule has 0 atom stereocenters. The van der Waals surface area contributed by atoms with E-state index in [1.54, 1.807) is 0 Å². The number of hydrogen-bond acceptors (Lipinski definition) is 4. The molecule has 0 saturated heterocycles. The Morgan fingerprint density at radius 1 is 1.00 bits per heavy atom. The Morgan fingerprint density at radius 2 is 1.59 bits per heavy atom. The number of hydrogen-bond donors (Lipinski definition) is 1. The van der Waals surface area contributed by atoms with Gasteiger partial charge in [0.1, 0.15) is 23.1 Å². The highest BCUT2D eigenvalue weighted by Gasteiger charge is 2.33. The maximum atomic E-state index is 14.2. The summed E-state index contributed by atoms with van der Waals surface area (Å²) in [6.45, 7) is 2.69. The summed E-state index contributed by atoms with van der Waals surface area (Å²) in [7, 11) is -4.66. The molecule has 2 aromatic carbocycles. The van der Waals surface area contributed by atoms with E-state index in [1.807, 2.05) is 0 Å². The average Bonchev–Trinajstić information content (AvgIpc) is 2.93. The smallest absolute Gasteiger partial charge is 0.360 e.